The molecule has 0 radical (unpaired) electrons. The molecular formula is C12H12Cl2N2O2. The standard InChI is InChI=1S/C12H12Cl2N2O2/c1-18-12(17)10(16-14)5-7-6-15-11-8(7)3-2-4-9(11)13/h2-4,6,10,15-16H,5H2,1H3/t10-/m1/s1. The van der Waals surface area contributed by atoms with Crippen molar-refractivity contribution in [2.24, 2.45) is 0 Å². The number of hydrogen-bond acceptors (Lipinski definition) is 3. The molecular weight excluding hydrogens is 275 g/mol. The van der Waals surface area contributed by atoms with Crippen LogP contribution in [-0.4, -0.2) is 24.1 Å². The number of benzene rings is 1. The van der Waals surface area contributed by atoms with E-state index in [2.05, 4.69) is 14.6 Å². The molecule has 0 unspecified atom stereocenters. The zero-order valence-corrected chi connectivity index (χ0v) is 11.2. The number of ether oxygens (including phenoxy) is 1. The summed E-state index contributed by atoms with van der Waals surface area (Å²) in [6, 6.07) is 5.02. The number of methoxy groups -OCH3 is 1. The SMILES string of the molecule is COC(=O)[C@@H](Cc1c[nH]c2c(Cl)cccc12)NCl. The Hall–Kier alpha value is -1.23. The van der Waals surface area contributed by atoms with Crippen LogP contribution in [0, 0.1) is 0 Å². The van der Waals surface area contributed by atoms with Crippen LogP contribution in [0.2, 0.25) is 5.02 Å². The van der Waals surface area contributed by atoms with Crippen LogP contribution in [0.15, 0.2) is 24.4 Å². The molecule has 0 fully saturated rings. The molecule has 0 aliphatic rings. The second-order valence-electron chi connectivity index (χ2n) is 3.87. The Balaban J connectivity index is 2.32. The summed E-state index contributed by atoms with van der Waals surface area (Å²) in [6.07, 6.45) is 2.25. The van der Waals surface area contributed by atoms with Crippen LogP contribution in [0.5, 0.6) is 0 Å². The van der Waals surface area contributed by atoms with Crippen LogP contribution in [0.4, 0.5) is 0 Å². The fraction of sp³-hybridized carbons (Fsp3) is 0.250. The highest BCUT2D eigenvalue weighted by Crippen LogP contribution is 2.26. The molecule has 1 atom stereocenters. The van der Waals surface area contributed by atoms with Gasteiger partial charge in [-0.05, 0) is 23.4 Å². The van der Waals surface area contributed by atoms with Gasteiger partial charge in [0.25, 0.3) is 0 Å². The van der Waals surface area contributed by atoms with Gasteiger partial charge in [0.15, 0.2) is 0 Å². The molecule has 0 bridgehead atoms. The van der Waals surface area contributed by atoms with E-state index < -0.39 is 12.0 Å². The van der Waals surface area contributed by atoms with Gasteiger partial charge in [-0.3, -0.25) is 4.79 Å². The monoisotopic (exact) mass is 286 g/mol. The highest BCUT2D eigenvalue weighted by Gasteiger charge is 2.20. The van der Waals surface area contributed by atoms with Crippen molar-refractivity contribution in [2.75, 3.05) is 7.11 Å². The fourth-order valence-electron chi connectivity index (χ4n) is 1.87. The van der Waals surface area contributed by atoms with Gasteiger partial charge in [0.2, 0.25) is 0 Å². The second-order valence-corrected chi connectivity index (χ2v) is 4.49. The van der Waals surface area contributed by atoms with Crippen LogP contribution < -0.4 is 4.84 Å². The number of para-hydroxylation sites is 1. The minimum absolute atomic E-state index is 0.402. The van der Waals surface area contributed by atoms with Gasteiger partial charge in [0.1, 0.15) is 6.04 Å². The molecule has 2 aromatic rings. The number of aromatic nitrogens is 1. The summed E-state index contributed by atoms with van der Waals surface area (Å²) in [5.41, 5.74) is 1.81. The van der Waals surface area contributed by atoms with Gasteiger partial charge in [-0.25, -0.2) is 4.84 Å². The van der Waals surface area contributed by atoms with Crippen LogP contribution in [-0.2, 0) is 16.0 Å². The number of carbonyl (C=O) groups is 1. The third-order valence-corrected chi connectivity index (χ3v) is 3.37. The van der Waals surface area contributed by atoms with Crippen molar-refractivity contribution in [3.8, 4) is 0 Å². The summed E-state index contributed by atoms with van der Waals surface area (Å²) in [5.74, 6) is -0.402. The number of aromatic amines is 1. The van der Waals surface area contributed by atoms with E-state index in [1.165, 1.54) is 7.11 Å². The lowest BCUT2D eigenvalue weighted by Gasteiger charge is -2.11. The van der Waals surface area contributed by atoms with E-state index in [0.717, 1.165) is 16.5 Å². The van der Waals surface area contributed by atoms with E-state index in [-0.39, 0.29) is 0 Å². The molecule has 1 heterocycles. The third kappa shape index (κ3) is 2.46. The Bertz CT molecular complexity index is 568. The molecule has 96 valence electrons. The van der Waals surface area contributed by atoms with Crippen molar-refractivity contribution in [3.05, 3.63) is 35.0 Å². The van der Waals surface area contributed by atoms with E-state index in [1.807, 2.05) is 24.4 Å². The second kappa shape index (κ2) is 5.61. The minimum atomic E-state index is -0.588. The zero-order chi connectivity index (χ0) is 13.1. The van der Waals surface area contributed by atoms with E-state index in [9.17, 15) is 4.79 Å². The molecule has 0 spiro atoms. The first-order valence-corrected chi connectivity index (χ1v) is 6.11. The summed E-state index contributed by atoms with van der Waals surface area (Å²) in [6.45, 7) is 0. The molecule has 4 nitrogen and oxygen atoms in total. The maximum absolute atomic E-state index is 11.5. The lowest BCUT2D eigenvalue weighted by atomic mass is 10.1. The average Bonchev–Trinajstić information content (AvgIpc) is 2.79. The number of rotatable bonds is 4. The molecule has 0 saturated carbocycles. The topological polar surface area (TPSA) is 54.1 Å². The van der Waals surface area contributed by atoms with Crippen LogP contribution >= 0.6 is 23.4 Å². The molecule has 0 amide bonds. The highest BCUT2D eigenvalue weighted by atomic mass is 35.5. The van der Waals surface area contributed by atoms with Crippen molar-refractivity contribution >= 4 is 40.2 Å². The molecule has 0 saturated heterocycles. The van der Waals surface area contributed by atoms with Crippen molar-refractivity contribution in [1.82, 2.24) is 9.82 Å². The number of hydrogen-bond donors (Lipinski definition) is 2. The first kappa shape index (κ1) is 13.2. The Morgan fingerprint density at radius 3 is 3.00 bits per heavy atom. The molecule has 1 aromatic heterocycles. The molecule has 18 heavy (non-hydrogen) atoms. The number of carbonyl (C=O) groups excluding carboxylic acids is 1. The third-order valence-electron chi connectivity index (χ3n) is 2.79. The Morgan fingerprint density at radius 1 is 1.56 bits per heavy atom. The normalized spacial score (nSPS) is 12.6. The van der Waals surface area contributed by atoms with E-state index in [1.54, 1.807) is 0 Å². The van der Waals surface area contributed by atoms with Crippen molar-refractivity contribution < 1.29 is 9.53 Å². The maximum atomic E-state index is 11.5. The van der Waals surface area contributed by atoms with E-state index in [4.69, 9.17) is 23.4 Å². The Morgan fingerprint density at radius 2 is 2.33 bits per heavy atom. The molecule has 2 rings (SSSR count). The van der Waals surface area contributed by atoms with Gasteiger partial charge < -0.3 is 9.72 Å². The fourth-order valence-corrected chi connectivity index (χ4v) is 2.27. The number of fused-ring (bicyclic) bond motifs is 1. The number of H-pyrrole nitrogens is 1. The van der Waals surface area contributed by atoms with E-state index in [0.29, 0.717) is 11.4 Å². The van der Waals surface area contributed by atoms with Crippen molar-refractivity contribution in [2.45, 2.75) is 12.5 Å². The summed E-state index contributed by atoms with van der Waals surface area (Å²) in [4.78, 5) is 17.0. The molecule has 1 aromatic carbocycles. The first-order chi connectivity index (χ1) is 8.67. The van der Waals surface area contributed by atoms with Crippen LogP contribution in [0.1, 0.15) is 5.56 Å². The predicted molar refractivity (Wildman–Crippen MR) is 71.8 cm³/mol. The van der Waals surface area contributed by atoms with Crippen LogP contribution in [0.3, 0.4) is 0 Å². The van der Waals surface area contributed by atoms with Gasteiger partial charge >= 0.3 is 5.97 Å². The number of esters is 1. The summed E-state index contributed by atoms with van der Waals surface area (Å²) < 4.78 is 4.67. The van der Waals surface area contributed by atoms with Gasteiger partial charge in [0.05, 0.1) is 17.6 Å². The summed E-state index contributed by atoms with van der Waals surface area (Å²) >= 11 is 11.6. The van der Waals surface area contributed by atoms with Crippen molar-refractivity contribution in [1.29, 1.82) is 0 Å². The molecule has 6 heteroatoms. The van der Waals surface area contributed by atoms with E-state index >= 15 is 0 Å². The zero-order valence-electron chi connectivity index (χ0n) is 9.67. The lowest BCUT2D eigenvalue weighted by Crippen LogP contribution is -2.33. The van der Waals surface area contributed by atoms with Gasteiger partial charge in [0, 0.05) is 18.0 Å². The van der Waals surface area contributed by atoms with Gasteiger partial charge in [-0.2, -0.15) is 0 Å². The first-order valence-electron chi connectivity index (χ1n) is 5.35. The number of halogens is 2. The highest BCUT2D eigenvalue weighted by molar-refractivity contribution is 6.35. The smallest absolute Gasteiger partial charge is 0.324 e. The molecule has 2 N–H and O–H groups in total. The maximum Gasteiger partial charge on any atom is 0.324 e. The largest absolute Gasteiger partial charge is 0.468 e. The van der Waals surface area contributed by atoms with Crippen LogP contribution in [0.25, 0.3) is 10.9 Å². The van der Waals surface area contributed by atoms with Gasteiger partial charge in [-0.1, -0.05) is 23.7 Å². The number of nitrogens with one attached hydrogen (secondary N) is 2. The van der Waals surface area contributed by atoms with Gasteiger partial charge in [-0.15, -0.1) is 0 Å². The Labute approximate surface area is 114 Å². The quantitative estimate of drug-likeness (QED) is 0.671. The molecule has 0 aliphatic heterocycles. The Kier molecular flexibility index (Phi) is 4.11. The lowest BCUT2D eigenvalue weighted by molar-refractivity contribution is -0.142. The molecule has 0 aliphatic carbocycles. The predicted octanol–water partition coefficient (Wildman–Crippen LogP) is 2.65. The average molecular weight is 287 g/mol. The van der Waals surface area contributed by atoms with Crippen molar-refractivity contribution in [3.63, 3.8) is 0 Å². The summed E-state index contributed by atoms with van der Waals surface area (Å²) in [7, 11) is 1.33. The summed E-state index contributed by atoms with van der Waals surface area (Å²) in [5, 5.41) is 1.62. The minimum Gasteiger partial charge on any atom is -0.468 e.